The third-order valence-corrected chi connectivity index (χ3v) is 22.2. The first-order valence-electron chi connectivity index (χ1n) is 30.8. The summed E-state index contributed by atoms with van der Waals surface area (Å²) >= 11 is 0. The van der Waals surface area contributed by atoms with Crippen molar-refractivity contribution in [2.24, 2.45) is 50.2 Å². The van der Waals surface area contributed by atoms with Gasteiger partial charge in [-0.3, -0.25) is 9.59 Å². The highest BCUT2D eigenvalue weighted by Crippen LogP contribution is 2.75. The maximum atomic E-state index is 13.4. The van der Waals surface area contributed by atoms with Crippen molar-refractivity contribution in [1.29, 1.82) is 0 Å². The van der Waals surface area contributed by atoms with Crippen LogP contribution in [0.5, 0.6) is 0 Å². The van der Waals surface area contributed by atoms with Crippen molar-refractivity contribution in [2.75, 3.05) is 20.3 Å². The summed E-state index contributed by atoms with van der Waals surface area (Å²) in [7, 11) is 1.46. The van der Waals surface area contributed by atoms with Crippen LogP contribution in [-0.2, 0) is 47.6 Å². The van der Waals surface area contributed by atoms with Crippen LogP contribution in [0.4, 0.5) is 0 Å². The molecule has 7 fully saturated rings. The van der Waals surface area contributed by atoms with Crippen molar-refractivity contribution < 1.29 is 93.6 Å². The van der Waals surface area contributed by atoms with E-state index >= 15 is 0 Å². The standard InChI is InChI=1S/C31H55NO14.C31H48O5/c1-16(34)12-10-8-6-4-5-7-9-11-13-21(36)32-22-20(14-33)43-17(2)28(24(22)38)46-31-27(41)25(39)29(18(3)44-31)45-30-26(40)23(37)19(35)15-42-30;1-26(2)14-15-31(25(35)36-7)20(16-26)19-8-9-22-27(3)12-11-23(33)28(4,18-32)21(27)10-13-29(22,5)30(19,6)17-24(31)34/h17-20,22-31,33,35,37-41H,4-15H2,1-3H3,(H,32,36);8,18,20-24,33-34H,9-17H2,1-7H3/t17-,18?,19+,20?,22-,23?,24?,25?,26?,27?,28?,29-,30-,31-;20?,21-,22?,23+,24?,27?,28-,29?,30-,31-/m01/s1. The molecule has 4 saturated carbocycles. The van der Waals surface area contributed by atoms with Gasteiger partial charge in [0.25, 0.3) is 0 Å². The van der Waals surface area contributed by atoms with E-state index < -0.39 is 115 Å². The van der Waals surface area contributed by atoms with Crippen molar-refractivity contribution in [3.63, 3.8) is 0 Å². The summed E-state index contributed by atoms with van der Waals surface area (Å²) in [5.74, 6) is 0.160. The van der Waals surface area contributed by atoms with E-state index in [1.54, 1.807) is 13.8 Å². The lowest BCUT2D eigenvalue weighted by Crippen LogP contribution is -2.68. The van der Waals surface area contributed by atoms with E-state index in [1.165, 1.54) is 19.6 Å². The van der Waals surface area contributed by atoms with E-state index in [4.69, 9.17) is 28.4 Å². The van der Waals surface area contributed by atoms with Crippen LogP contribution in [0.25, 0.3) is 0 Å². The summed E-state index contributed by atoms with van der Waals surface area (Å²) in [5, 5.41) is 98.1. The van der Waals surface area contributed by atoms with Gasteiger partial charge in [-0.05, 0) is 131 Å². The second kappa shape index (κ2) is 26.8. The molecule has 1 amide bonds. The van der Waals surface area contributed by atoms with Gasteiger partial charge in [-0.25, -0.2) is 0 Å². The zero-order valence-corrected chi connectivity index (χ0v) is 50.6. The first-order chi connectivity index (χ1) is 38.5. The van der Waals surface area contributed by atoms with Gasteiger partial charge in [0.15, 0.2) is 12.6 Å². The molecule has 0 aromatic rings. The highest BCUT2D eigenvalue weighted by molar-refractivity contribution is 5.79. The number of carbonyl (C=O) groups is 4. The van der Waals surface area contributed by atoms with E-state index in [1.807, 2.05) is 6.92 Å². The number of aliphatic hydroxyl groups is 9. The molecule has 8 rings (SSSR count). The van der Waals surface area contributed by atoms with Crippen LogP contribution in [0.1, 0.15) is 184 Å². The fraction of sp³-hybridized carbons (Fsp3) is 0.903. The Hall–Kier alpha value is -2.54. The molecular weight excluding hydrogens is 1060 g/mol. The van der Waals surface area contributed by atoms with Gasteiger partial charge >= 0.3 is 5.97 Å². The van der Waals surface area contributed by atoms with E-state index in [0.717, 1.165) is 89.8 Å². The topological polar surface area (TPSA) is 318 Å². The van der Waals surface area contributed by atoms with Gasteiger partial charge in [0.05, 0.1) is 56.2 Å². The summed E-state index contributed by atoms with van der Waals surface area (Å²) in [4.78, 5) is 49.5. The highest BCUT2D eigenvalue weighted by atomic mass is 16.7. The SMILES string of the molecule is CC(=O)CCCCCCCCCCC(=O)N[C@H]1C(CO)O[C@@H](C)C(O[C@@H]2OC(C)[C@H](O[C@@H]3OC[C@@H](O)C(O)C3O)C(O)C2O)C1O.COC(=O)[C@]12CCC(C)(C)CC1C1=CCC3C4(C)CC[C@H](O)[C@](C)(C=O)[C@@H]4CCC3(C)[C@]1(C)CC2O. The first kappa shape index (κ1) is 67.0. The van der Waals surface area contributed by atoms with Crippen molar-refractivity contribution in [1.82, 2.24) is 5.32 Å². The first-order valence-corrected chi connectivity index (χ1v) is 30.8. The molecule has 3 saturated heterocycles. The summed E-state index contributed by atoms with van der Waals surface area (Å²) in [6, 6.07) is -1.01. The van der Waals surface area contributed by atoms with Crippen LogP contribution in [0, 0.1) is 50.2 Å². The number of aliphatic hydroxyl groups excluding tert-OH is 9. The molecule has 3 heterocycles. The van der Waals surface area contributed by atoms with Gasteiger partial charge < -0.3 is 89.3 Å². The number of hydrogen-bond acceptors (Lipinski definition) is 19. The molecule has 13 unspecified atom stereocenters. The number of hydrogen-bond donors (Lipinski definition) is 10. The largest absolute Gasteiger partial charge is 0.468 e. The zero-order chi connectivity index (χ0) is 60.5. The highest BCUT2D eigenvalue weighted by Gasteiger charge is 2.72. The van der Waals surface area contributed by atoms with Gasteiger partial charge in [0.1, 0.15) is 72.4 Å². The number of rotatable bonds is 19. The molecular formula is C62H103NO19. The van der Waals surface area contributed by atoms with Gasteiger partial charge in [-0.1, -0.05) is 91.7 Å². The van der Waals surface area contributed by atoms with Gasteiger partial charge in [-0.15, -0.1) is 0 Å². The average Bonchev–Trinajstić information content (AvgIpc) is 2.13. The molecule has 10 N–H and O–H groups in total. The molecule has 20 heteroatoms. The van der Waals surface area contributed by atoms with Crippen molar-refractivity contribution >= 4 is 23.9 Å². The van der Waals surface area contributed by atoms with Gasteiger partial charge in [0.2, 0.25) is 5.91 Å². The van der Waals surface area contributed by atoms with Crippen molar-refractivity contribution in [2.45, 2.75) is 282 Å². The molecule has 8 aliphatic rings. The van der Waals surface area contributed by atoms with E-state index in [9.17, 15) is 65.1 Å². The molecule has 0 spiro atoms. The lowest BCUT2D eigenvalue weighted by atomic mass is 9.33. The number of amides is 1. The Morgan fingerprint density at radius 2 is 1.29 bits per heavy atom. The summed E-state index contributed by atoms with van der Waals surface area (Å²) < 4.78 is 33.8. The van der Waals surface area contributed by atoms with Crippen LogP contribution < -0.4 is 5.32 Å². The van der Waals surface area contributed by atoms with E-state index in [2.05, 4.69) is 46.0 Å². The Morgan fingerprint density at radius 1 is 0.695 bits per heavy atom. The number of fused-ring (bicyclic) bond motifs is 7. The van der Waals surface area contributed by atoms with Gasteiger partial charge in [0, 0.05) is 12.8 Å². The number of carbonyl (C=O) groups excluding carboxylic acids is 4. The van der Waals surface area contributed by atoms with E-state index in [-0.39, 0.29) is 64.2 Å². The molecule has 0 aromatic carbocycles. The Labute approximate surface area is 485 Å². The Balaban J connectivity index is 0.000000242. The van der Waals surface area contributed by atoms with Crippen molar-refractivity contribution in [3.05, 3.63) is 11.6 Å². The summed E-state index contributed by atoms with van der Waals surface area (Å²) in [5.41, 5.74) is -0.426. The molecule has 82 heavy (non-hydrogen) atoms. The van der Waals surface area contributed by atoms with Crippen molar-refractivity contribution in [3.8, 4) is 0 Å². The molecule has 0 aromatic heterocycles. The molecule has 0 bridgehead atoms. The lowest BCUT2D eigenvalue weighted by Gasteiger charge is -2.71. The Morgan fingerprint density at radius 3 is 1.91 bits per heavy atom. The monoisotopic (exact) mass is 1170 g/mol. The number of allylic oxidation sites excluding steroid dienone is 2. The van der Waals surface area contributed by atoms with Gasteiger partial charge in [-0.2, -0.15) is 0 Å². The number of ether oxygens (including phenoxy) is 6. The fourth-order valence-corrected chi connectivity index (χ4v) is 16.9. The minimum absolute atomic E-state index is 0.0147. The predicted molar refractivity (Wildman–Crippen MR) is 299 cm³/mol. The second-order valence-electron chi connectivity index (χ2n) is 27.8. The molecule has 0 radical (unpaired) electrons. The van der Waals surface area contributed by atoms with Crippen LogP contribution in [-0.4, -0.2) is 188 Å². The Bertz CT molecular complexity index is 2220. The minimum atomic E-state index is -1.68. The number of Topliss-reactive ketones (excluding diaryl/α,β-unsaturated/α-hetero) is 1. The number of aldehydes is 1. The molecule has 470 valence electrons. The number of esters is 1. The van der Waals surface area contributed by atoms with E-state index in [0.29, 0.717) is 38.0 Å². The predicted octanol–water partition coefficient (Wildman–Crippen LogP) is 4.25. The number of methoxy groups -OCH3 is 1. The third-order valence-electron chi connectivity index (χ3n) is 22.2. The summed E-state index contributed by atoms with van der Waals surface area (Å²) in [6.45, 7) is 17.7. The van der Waals surface area contributed by atoms with Crippen LogP contribution in [0.15, 0.2) is 11.6 Å². The second-order valence-corrected chi connectivity index (χ2v) is 27.8. The smallest absolute Gasteiger partial charge is 0.315 e. The number of unbranched alkanes of at least 4 members (excludes halogenated alkanes) is 7. The van der Waals surface area contributed by atoms with Crippen LogP contribution >= 0.6 is 0 Å². The zero-order valence-electron chi connectivity index (χ0n) is 50.6. The summed E-state index contributed by atoms with van der Waals surface area (Å²) in [6.07, 6.45) is 1.25. The number of nitrogens with one attached hydrogen (secondary N) is 1. The van der Waals surface area contributed by atoms with Crippen LogP contribution in [0.2, 0.25) is 0 Å². The maximum absolute atomic E-state index is 13.4. The Kier molecular flexibility index (Phi) is 21.9. The quantitative estimate of drug-likeness (QED) is 0.0374. The maximum Gasteiger partial charge on any atom is 0.315 e. The third kappa shape index (κ3) is 12.9. The minimum Gasteiger partial charge on any atom is -0.468 e. The molecule has 20 nitrogen and oxygen atoms in total. The lowest BCUT2D eigenvalue weighted by molar-refractivity contribution is -0.358. The normalized spacial score (nSPS) is 46.0. The van der Waals surface area contributed by atoms with Crippen LogP contribution in [0.3, 0.4) is 0 Å². The molecule has 5 aliphatic carbocycles. The average molecular weight is 1170 g/mol. The fourth-order valence-electron chi connectivity index (χ4n) is 16.9. The number of ketones is 1. The molecule has 3 aliphatic heterocycles. The molecule has 24 atom stereocenters.